The van der Waals surface area contributed by atoms with Gasteiger partial charge in [0.25, 0.3) is 0 Å². The number of hydrogen-bond acceptors (Lipinski definition) is 4. The maximum Gasteiger partial charge on any atom is 0.159 e. The fourth-order valence-electron chi connectivity index (χ4n) is 2.15. The normalized spacial score (nSPS) is 10.7. The van der Waals surface area contributed by atoms with Crippen LogP contribution in [0.5, 0.6) is 0 Å². The summed E-state index contributed by atoms with van der Waals surface area (Å²) in [6.45, 7) is 9.14. The zero-order chi connectivity index (χ0) is 13.1. The minimum atomic E-state index is 0.807. The lowest BCUT2D eigenvalue weighted by Crippen LogP contribution is -2.06. The summed E-state index contributed by atoms with van der Waals surface area (Å²) < 4.78 is 1.89. The molecule has 96 valence electrons. The number of rotatable bonds is 4. The van der Waals surface area contributed by atoms with Crippen molar-refractivity contribution in [1.82, 2.24) is 19.7 Å². The first-order valence-corrected chi connectivity index (χ1v) is 6.28. The van der Waals surface area contributed by atoms with Crippen molar-refractivity contribution in [3.8, 4) is 5.82 Å². The Labute approximate surface area is 107 Å². The Morgan fingerprint density at radius 2 is 2.00 bits per heavy atom. The molecule has 18 heavy (non-hydrogen) atoms. The fourth-order valence-corrected chi connectivity index (χ4v) is 2.15. The largest absolute Gasteiger partial charge is 0.370 e. The van der Waals surface area contributed by atoms with Crippen molar-refractivity contribution in [2.45, 2.75) is 34.1 Å². The summed E-state index contributed by atoms with van der Waals surface area (Å²) in [5.74, 6) is 1.63. The van der Waals surface area contributed by atoms with Gasteiger partial charge in [-0.25, -0.2) is 14.6 Å². The van der Waals surface area contributed by atoms with Crippen molar-refractivity contribution in [3.05, 3.63) is 29.3 Å². The Kier molecular flexibility index (Phi) is 3.60. The third-order valence-corrected chi connectivity index (χ3v) is 3.02. The third-order valence-electron chi connectivity index (χ3n) is 3.02. The highest BCUT2D eigenvalue weighted by Gasteiger charge is 2.12. The first-order chi connectivity index (χ1) is 8.67. The summed E-state index contributed by atoms with van der Waals surface area (Å²) in [5, 5.41) is 7.73. The second-order valence-corrected chi connectivity index (χ2v) is 4.21. The zero-order valence-corrected chi connectivity index (χ0v) is 11.4. The number of aryl methyl sites for hydroxylation is 1. The van der Waals surface area contributed by atoms with Gasteiger partial charge in [0.1, 0.15) is 12.1 Å². The second kappa shape index (κ2) is 5.16. The van der Waals surface area contributed by atoms with E-state index in [1.165, 1.54) is 5.56 Å². The van der Waals surface area contributed by atoms with Crippen molar-refractivity contribution < 1.29 is 0 Å². The molecule has 2 aromatic rings. The Bertz CT molecular complexity index is 544. The van der Waals surface area contributed by atoms with Crippen molar-refractivity contribution >= 4 is 5.82 Å². The minimum absolute atomic E-state index is 0.807. The van der Waals surface area contributed by atoms with Crippen LogP contribution < -0.4 is 5.32 Å². The third kappa shape index (κ3) is 2.20. The predicted molar refractivity (Wildman–Crippen MR) is 72.2 cm³/mol. The molecule has 5 heteroatoms. The van der Waals surface area contributed by atoms with Gasteiger partial charge in [-0.05, 0) is 32.8 Å². The molecule has 1 N–H and O–H groups in total. The first kappa shape index (κ1) is 12.5. The van der Waals surface area contributed by atoms with Crippen LogP contribution in [0.3, 0.4) is 0 Å². The SMILES string of the molecule is CCNc1cc(-n2nc(C)c(CC)c2C)ncn1. The van der Waals surface area contributed by atoms with Gasteiger partial charge in [0, 0.05) is 18.3 Å². The molecule has 0 aliphatic heterocycles. The van der Waals surface area contributed by atoms with E-state index < -0.39 is 0 Å². The second-order valence-electron chi connectivity index (χ2n) is 4.21. The lowest BCUT2D eigenvalue weighted by Gasteiger charge is -2.06. The van der Waals surface area contributed by atoms with E-state index in [9.17, 15) is 0 Å². The molecule has 0 fully saturated rings. The minimum Gasteiger partial charge on any atom is -0.370 e. The first-order valence-electron chi connectivity index (χ1n) is 6.28. The van der Waals surface area contributed by atoms with Crippen LogP contribution in [0, 0.1) is 13.8 Å². The van der Waals surface area contributed by atoms with Crippen molar-refractivity contribution in [3.63, 3.8) is 0 Å². The highest BCUT2D eigenvalue weighted by atomic mass is 15.3. The molecule has 5 nitrogen and oxygen atoms in total. The van der Waals surface area contributed by atoms with E-state index in [-0.39, 0.29) is 0 Å². The molecule has 2 rings (SSSR count). The fraction of sp³-hybridized carbons (Fsp3) is 0.462. The molecule has 0 spiro atoms. The Balaban J connectivity index is 2.45. The van der Waals surface area contributed by atoms with Crippen LogP contribution in [0.4, 0.5) is 5.82 Å². The summed E-state index contributed by atoms with van der Waals surface area (Å²) in [4.78, 5) is 8.46. The topological polar surface area (TPSA) is 55.6 Å². The summed E-state index contributed by atoms with van der Waals surface area (Å²) in [6, 6.07) is 1.92. The molecule has 0 amide bonds. The van der Waals surface area contributed by atoms with Gasteiger partial charge in [0.15, 0.2) is 5.82 Å². The molecule has 0 atom stereocenters. The van der Waals surface area contributed by atoms with E-state index in [0.717, 1.165) is 36.0 Å². The summed E-state index contributed by atoms with van der Waals surface area (Å²) >= 11 is 0. The van der Waals surface area contributed by atoms with Crippen LogP contribution in [0.15, 0.2) is 12.4 Å². The molecular formula is C13H19N5. The summed E-state index contributed by atoms with van der Waals surface area (Å²) in [6.07, 6.45) is 2.55. The van der Waals surface area contributed by atoms with Crippen molar-refractivity contribution in [2.75, 3.05) is 11.9 Å². The maximum absolute atomic E-state index is 4.55. The summed E-state index contributed by atoms with van der Waals surface area (Å²) in [7, 11) is 0. The molecule has 0 saturated carbocycles. The van der Waals surface area contributed by atoms with E-state index in [2.05, 4.69) is 34.2 Å². The number of aromatic nitrogens is 4. The van der Waals surface area contributed by atoms with Gasteiger partial charge in [-0.1, -0.05) is 6.92 Å². The molecule has 0 unspecified atom stereocenters. The summed E-state index contributed by atoms with van der Waals surface area (Å²) in [5.41, 5.74) is 3.51. The van der Waals surface area contributed by atoms with E-state index in [4.69, 9.17) is 0 Å². The quantitative estimate of drug-likeness (QED) is 0.897. The average Bonchev–Trinajstić information content (AvgIpc) is 2.65. The molecule has 2 aromatic heterocycles. The van der Waals surface area contributed by atoms with E-state index >= 15 is 0 Å². The predicted octanol–water partition coefficient (Wildman–Crippen LogP) is 2.27. The van der Waals surface area contributed by atoms with E-state index in [0.29, 0.717) is 0 Å². The lowest BCUT2D eigenvalue weighted by molar-refractivity contribution is 0.800. The van der Waals surface area contributed by atoms with Gasteiger partial charge < -0.3 is 5.32 Å². The highest BCUT2D eigenvalue weighted by molar-refractivity contribution is 5.42. The molecule has 0 bridgehead atoms. The molecular weight excluding hydrogens is 226 g/mol. The van der Waals surface area contributed by atoms with Gasteiger partial charge in [-0.2, -0.15) is 5.10 Å². The van der Waals surface area contributed by atoms with E-state index in [1.54, 1.807) is 6.33 Å². The van der Waals surface area contributed by atoms with Crippen LogP contribution in [-0.2, 0) is 6.42 Å². The number of nitrogens with one attached hydrogen (secondary N) is 1. The average molecular weight is 245 g/mol. The Hall–Kier alpha value is -1.91. The molecule has 0 aliphatic rings. The maximum atomic E-state index is 4.55. The van der Waals surface area contributed by atoms with Gasteiger partial charge in [-0.3, -0.25) is 0 Å². The molecule has 2 heterocycles. The molecule has 0 saturated heterocycles. The highest BCUT2D eigenvalue weighted by Crippen LogP contribution is 2.17. The Morgan fingerprint density at radius 1 is 1.22 bits per heavy atom. The zero-order valence-electron chi connectivity index (χ0n) is 11.4. The van der Waals surface area contributed by atoms with E-state index in [1.807, 2.05) is 24.6 Å². The number of anilines is 1. The smallest absolute Gasteiger partial charge is 0.159 e. The van der Waals surface area contributed by atoms with Crippen LogP contribution in [0.2, 0.25) is 0 Å². The van der Waals surface area contributed by atoms with Crippen molar-refractivity contribution in [1.29, 1.82) is 0 Å². The van der Waals surface area contributed by atoms with Crippen molar-refractivity contribution in [2.24, 2.45) is 0 Å². The van der Waals surface area contributed by atoms with Crippen LogP contribution in [-0.4, -0.2) is 26.3 Å². The Morgan fingerprint density at radius 3 is 2.61 bits per heavy atom. The monoisotopic (exact) mass is 245 g/mol. The van der Waals surface area contributed by atoms with Gasteiger partial charge in [0.2, 0.25) is 0 Å². The van der Waals surface area contributed by atoms with Gasteiger partial charge in [0.05, 0.1) is 5.69 Å². The molecule has 0 aliphatic carbocycles. The number of nitrogens with zero attached hydrogens (tertiary/aromatic N) is 4. The van der Waals surface area contributed by atoms with Crippen LogP contribution in [0.25, 0.3) is 5.82 Å². The van der Waals surface area contributed by atoms with Gasteiger partial charge in [-0.15, -0.1) is 0 Å². The standard InChI is InChI=1S/C13H19N5/c1-5-11-9(3)17-18(10(11)4)13-7-12(14-6-2)15-8-16-13/h7-8H,5-6H2,1-4H3,(H,14,15,16). The number of hydrogen-bond donors (Lipinski definition) is 1. The van der Waals surface area contributed by atoms with Crippen LogP contribution >= 0.6 is 0 Å². The van der Waals surface area contributed by atoms with Crippen LogP contribution in [0.1, 0.15) is 30.8 Å². The molecule has 0 aromatic carbocycles. The lowest BCUT2D eigenvalue weighted by atomic mass is 10.1. The molecule has 0 radical (unpaired) electrons. The van der Waals surface area contributed by atoms with Gasteiger partial charge >= 0.3 is 0 Å².